The van der Waals surface area contributed by atoms with E-state index >= 15 is 0 Å². The third-order valence-corrected chi connectivity index (χ3v) is 18.9. The first-order valence-electron chi connectivity index (χ1n) is 38.2. The molecule has 30 N–H and O–H groups in total. The third kappa shape index (κ3) is 32.6. The molecule has 0 bridgehead atoms. The van der Waals surface area contributed by atoms with Crippen molar-refractivity contribution >= 4 is 88.9 Å². The predicted octanol–water partition coefficient (Wildman–Crippen LogP) is -1.63. The van der Waals surface area contributed by atoms with Crippen LogP contribution in [0.4, 0.5) is 19.2 Å². The monoisotopic (exact) mass is 1650 g/mol. The van der Waals surface area contributed by atoms with Gasteiger partial charge in [-0.1, -0.05) is 20.6 Å². The minimum absolute atomic E-state index is 0.00236. The summed E-state index contributed by atoms with van der Waals surface area (Å²) in [5.74, 6) is -1.83. The molecule has 4 aromatic heterocycles. The quantitative estimate of drug-likeness (QED) is 0.0135. The Labute approximate surface area is 672 Å². The zero-order valence-electron chi connectivity index (χ0n) is 66.1. The van der Waals surface area contributed by atoms with Crippen molar-refractivity contribution < 1.29 is 85.8 Å². The predicted molar refractivity (Wildman–Crippen MR) is 413 cm³/mol. The second kappa shape index (κ2) is 48.3. The number of hydrogen-bond acceptors (Lipinski definition) is 31. The molecular formula is C68H113N31O18. The molecule has 10 amide bonds. The standard InChI is InChI=1S/C18H31N9O4.2C18H30N8O5.C14H22N6O4/c1-10(28)13-5-3-9-27(13)18(30)24-12(4-2-8-23-17(21)22)16-25-15(26-31-16)11(19)6-7-14(20)29;1-10(27)13-5-3-9-26(13)18(30)23-12(4-2-8-22-17(20)21)16-24-15(25-31-16)11(19)6-7-14(28)29;1-10(27)13-5-3-9-26(13)18(30)23-12(6-7-14(28)29)16-24-15(25-31-16)11(19)4-2-8-22-17(20)21;1-8(21)10-3-2-6-20(10)14(23)17-7-12-18-13(19-24-12)9(15)4-5-11(16)22/h11-13H,2-9,19H2,1H3,(H2,20,29)(H,24,30)(H4,21,22,23);2*11-13H,2-9,19H2,1H3,(H,23,30)(H,28,29)(H4,20,21,22);9-10H,2-7,15H2,1H3,(H2,16,22)(H,17,23)/t3*11-,12-,13?;9-,10?/m0000/s1. The molecule has 4 saturated heterocycles. The second-order valence-corrected chi connectivity index (χ2v) is 28.2. The first kappa shape index (κ1) is 95.4. The van der Waals surface area contributed by atoms with Gasteiger partial charge in [0.1, 0.15) is 18.1 Å². The molecule has 8 heterocycles. The van der Waals surface area contributed by atoms with Gasteiger partial charge in [-0.25, -0.2) is 19.2 Å². The lowest BCUT2D eigenvalue weighted by Gasteiger charge is -2.25. The summed E-state index contributed by atoms with van der Waals surface area (Å²) in [7, 11) is 0. The number of primary amides is 2. The summed E-state index contributed by atoms with van der Waals surface area (Å²) in [4.78, 5) is 176. The summed E-state index contributed by atoms with van der Waals surface area (Å²) in [6.45, 7) is 8.95. The Hall–Kier alpha value is -12.1. The number of carboxylic acids is 2. The highest BCUT2D eigenvalue weighted by atomic mass is 16.5. The number of likely N-dealkylation sites (tertiary alicyclic amines) is 4. The van der Waals surface area contributed by atoms with E-state index in [1.165, 1.54) is 47.3 Å². The van der Waals surface area contributed by atoms with Gasteiger partial charge in [-0.3, -0.25) is 53.3 Å². The van der Waals surface area contributed by atoms with Gasteiger partial charge in [-0.05, 0) is 143 Å². The van der Waals surface area contributed by atoms with Crippen LogP contribution in [0.25, 0.3) is 0 Å². The van der Waals surface area contributed by atoms with Crippen LogP contribution in [0.15, 0.2) is 33.1 Å². The van der Waals surface area contributed by atoms with E-state index in [4.69, 9.17) is 97.1 Å². The number of nitrogens with one attached hydrogen (secondary N) is 4. The van der Waals surface area contributed by atoms with E-state index in [0.717, 1.165) is 25.7 Å². The molecule has 8 rings (SSSR count). The molecule has 11 atom stereocenters. The number of urea groups is 4. The lowest BCUT2D eigenvalue weighted by molar-refractivity contribution is -0.138. The molecule has 4 aliphatic rings. The van der Waals surface area contributed by atoms with Crippen LogP contribution in [0.2, 0.25) is 0 Å². The number of guanidine groups is 3. The Morgan fingerprint density at radius 2 is 0.675 bits per heavy atom. The zero-order chi connectivity index (χ0) is 86.6. The number of rotatable bonds is 40. The molecular weight excluding hydrogens is 1540 g/mol. The number of carbonyl (C=O) groups excluding carboxylic acids is 10. The highest BCUT2D eigenvalue weighted by Crippen LogP contribution is 2.28. The molecule has 0 aliphatic carbocycles. The molecule has 0 aromatic carbocycles. The van der Waals surface area contributed by atoms with Gasteiger partial charge >= 0.3 is 36.1 Å². The van der Waals surface area contributed by atoms with Gasteiger partial charge in [-0.15, -0.1) is 0 Å². The number of aliphatic carboxylic acids is 2. The van der Waals surface area contributed by atoms with Crippen molar-refractivity contribution in [2.75, 3.05) is 45.8 Å². The van der Waals surface area contributed by atoms with Crippen LogP contribution in [-0.4, -0.2) is 229 Å². The number of nitrogens with two attached hydrogens (primary N) is 12. The maximum absolute atomic E-state index is 12.8. The molecule has 0 spiro atoms. The van der Waals surface area contributed by atoms with Gasteiger partial charge in [0.2, 0.25) is 35.4 Å². The largest absolute Gasteiger partial charge is 0.481 e. The summed E-state index contributed by atoms with van der Waals surface area (Å²) in [5, 5.41) is 44.2. The van der Waals surface area contributed by atoms with Gasteiger partial charge in [0.05, 0.1) is 54.9 Å². The number of carbonyl (C=O) groups is 12. The Balaban J connectivity index is 0.000000279. The van der Waals surface area contributed by atoms with Crippen LogP contribution >= 0.6 is 0 Å². The number of nitrogens with zero attached hydrogens (tertiary/aromatic N) is 15. The van der Waals surface area contributed by atoms with E-state index in [-0.39, 0.29) is 157 Å². The van der Waals surface area contributed by atoms with E-state index in [1.807, 2.05) is 0 Å². The summed E-state index contributed by atoms with van der Waals surface area (Å²) in [5.41, 5.74) is 66.0. The lowest BCUT2D eigenvalue weighted by atomic mass is 10.1. The molecule has 4 fully saturated rings. The number of aromatic nitrogens is 8. The van der Waals surface area contributed by atoms with Crippen LogP contribution in [0.5, 0.6) is 0 Å². The Kier molecular flexibility index (Phi) is 39.4. The van der Waals surface area contributed by atoms with Crippen molar-refractivity contribution in [2.45, 2.75) is 242 Å². The van der Waals surface area contributed by atoms with Crippen LogP contribution in [0, 0.1) is 0 Å². The maximum atomic E-state index is 12.8. The highest BCUT2D eigenvalue weighted by Gasteiger charge is 2.39. The lowest BCUT2D eigenvalue weighted by Crippen LogP contribution is -2.46. The third-order valence-electron chi connectivity index (χ3n) is 18.9. The van der Waals surface area contributed by atoms with Gasteiger partial charge in [0, 0.05) is 71.5 Å². The Bertz CT molecular complexity index is 3910. The van der Waals surface area contributed by atoms with E-state index in [2.05, 4.69) is 76.8 Å². The summed E-state index contributed by atoms with van der Waals surface area (Å²) >= 11 is 0. The van der Waals surface area contributed by atoms with Crippen molar-refractivity contribution in [3.8, 4) is 0 Å². The SMILES string of the molecule is CC(=O)C1CCCN1C(=O)NCc1nc([C@@H](N)CCC(N)=O)no1.CC(=O)C1CCCN1C(=O)N[C@@H](CCC(=O)O)c1nc([C@@H](N)CCCN=C(N)N)no1.CC(=O)C1CCCN1C(=O)N[C@@H](CCCN=C(N)N)c1nc([C@@H](N)CCC(=O)O)no1.CC(=O)C1CCCN1C(=O)N[C@@H](CCCN=C(N)N)c1nc([C@@H](N)CCC(N)=O)no1. The average molecular weight is 1650 g/mol. The van der Waals surface area contributed by atoms with Crippen molar-refractivity contribution in [2.24, 2.45) is 83.8 Å². The number of aliphatic imine (C=N–C) groups is 3. The molecule has 4 aliphatic heterocycles. The number of Topliss-reactive ketones (excluding diaryl/α,β-unsaturated/α-hetero) is 4. The fourth-order valence-electron chi connectivity index (χ4n) is 12.7. The number of hydrogen-bond donors (Lipinski definition) is 18. The van der Waals surface area contributed by atoms with Gasteiger partial charge in [0.25, 0.3) is 0 Å². The summed E-state index contributed by atoms with van der Waals surface area (Å²) < 4.78 is 20.9. The van der Waals surface area contributed by atoms with Crippen LogP contribution in [-0.2, 0) is 44.9 Å². The Morgan fingerprint density at radius 1 is 0.393 bits per heavy atom. The van der Waals surface area contributed by atoms with Gasteiger partial charge in [-0.2, -0.15) is 19.9 Å². The molecule has 49 heteroatoms. The first-order chi connectivity index (χ1) is 55.4. The van der Waals surface area contributed by atoms with Crippen molar-refractivity contribution in [3.63, 3.8) is 0 Å². The molecule has 4 aromatic rings. The number of carboxylic acid groups (broad SMARTS) is 2. The molecule has 0 saturated carbocycles. The number of amides is 10. The van der Waals surface area contributed by atoms with Crippen molar-refractivity contribution in [1.82, 2.24) is 81.4 Å². The van der Waals surface area contributed by atoms with E-state index in [0.29, 0.717) is 116 Å². The molecule has 117 heavy (non-hydrogen) atoms. The second-order valence-electron chi connectivity index (χ2n) is 28.2. The topological polar surface area (TPSA) is 811 Å². The van der Waals surface area contributed by atoms with Crippen LogP contribution in [0.1, 0.15) is 258 Å². The fourth-order valence-corrected chi connectivity index (χ4v) is 12.7. The van der Waals surface area contributed by atoms with Crippen molar-refractivity contribution in [1.29, 1.82) is 0 Å². The normalized spacial score (nSPS) is 17.9. The summed E-state index contributed by atoms with van der Waals surface area (Å²) in [6, 6.07) is -7.92. The van der Waals surface area contributed by atoms with Crippen molar-refractivity contribution in [3.05, 3.63) is 46.9 Å². The molecule has 0 radical (unpaired) electrons. The van der Waals surface area contributed by atoms with E-state index in [1.54, 1.807) is 0 Å². The molecule has 49 nitrogen and oxygen atoms in total. The smallest absolute Gasteiger partial charge is 0.318 e. The molecule has 4 unspecified atom stereocenters. The van der Waals surface area contributed by atoms with E-state index < -0.39 is 96.2 Å². The van der Waals surface area contributed by atoms with Gasteiger partial charge < -0.3 is 138 Å². The highest BCUT2D eigenvalue weighted by molar-refractivity contribution is 5.90. The van der Waals surface area contributed by atoms with E-state index in [9.17, 15) is 57.5 Å². The van der Waals surface area contributed by atoms with Crippen LogP contribution in [0.3, 0.4) is 0 Å². The minimum Gasteiger partial charge on any atom is -0.481 e. The number of ketones is 4. The average Bonchev–Trinajstić information content (AvgIpc) is 1.71. The zero-order valence-corrected chi connectivity index (χ0v) is 66.1. The fraction of sp³-hybridized carbons (Fsp3) is 0.662. The van der Waals surface area contributed by atoms with Crippen LogP contribution < -0.4 is 90.1 Å². The first-order valence-corrected chi connectivity index (χ1v) is 38.2. The Morgan fingerprint density at radius 3 is 0.991 bits per heavy atom. The maximum Gasteiger partial charge on any atom is 0.318 e. The van der Waals surface area contributed by atoms with Gasteiger partial charge in [0.15, 0.2) is 64.3 Å². The molecule has 648 valence electrons. The minimum atomic E-state index is -1.03. The summed E-state index contributed by atoms with van der Waals surface area (Å²) in [6.07, 6.45) is 9.16.